The molecule has 0 N–H and O–H groups in total. The van der Waals surface area contributed by atoms with Crippen LogP contribution in [0, 0.1) is 6.61 Å². The van der Waals surface area contributed by atoms with Crippen LogP contribution in [0.3, 0.4) is 0 Å². The van der Waals surface area contributed by atoms with Gasteiger partial charge in [-0.15, -0.1) is 23.2 Å². The predicted molar refractivity (Wildman–Crippen MR) is 31.4 cm³/mol. The second-order valence-electron chi connectivity index (χ2n) is 0.960. The minimum atomic E-state index is -0.406. The second-order valence-corrected chi connectivity index (χ2v) is 2.24. The highest BCUT2D eigenvalue weighted by atomic mass is 35.5. The normalized spacial score (nSPS) is 10.3. The number of halogens is 2. The van der Waals surface area contributed by atoms with E-state index in [1.165, 1.54) is 0 Å². The average molecular weight is 142 g/mol. The Bertz CT molecular complexity index is 38.7. The van der Waals surface area contributed by atoms with Gasteiger partial charge in [0, 0.05) is 0 Å². The Labute approximate surface area is 53.6 Å². The highest BCUT2D eigenvalue weighted by molar-refractivity contribution is 6.44. The maximum absolute atomic E-state index is 5.28. The molecule has 1 radical (unpaired) electrons. The van der Waals surface area contributed by atoms with Gasteiger partial charge in [-0.05, 0) is 6.92 Å². The molecule has 3 heteroatoms. The van der Waals surface area contributed by atoms with Crippen LogP contribution in [0.2, 0.25) is 0 Å². The average Bonchev–Trinajstić information content (AvgIpc) is 1.61. The van der Waals surface area contributed by atoms with Crippen molar-refractivity contribution in [3.63, 3.8) is 0 Å². The molecule has 0 aliphatic rings. The van der Waals surface area contributed by atoms with Gasteiger partial charge in [-0.1, -0.05) is 0 Å². The number of hydrogen-bond acceptors (Lipinski definition) is 1. The molecular weight excluding hydrogens is 135 g/mol. The summed E-state index contributed by atoms with van der Waals surface area (Å²) in [4.78, 5) is -0.406. The molecule has 0 saturated carbocycles. The predicted octanol–water partition coefficient (Wildman–Crippen LogP) is 1.99. The molecule has 0 atom stereocenters. The zero-order chi connectivity index (χ0) is 5.70. The Balaban J connectivity index is 2.68. The molecule has 0 aliphatic heterocycles. The van der Waals surface area contributed by atoms with Crippen LogP contribution >= 0.6 is 23.2 Å². The summed E-state index contributed by atoms with van der Waals surface area (Å²) in [7, 11) is 0. The Kier molecular flexibility index (Phi) is 5.05. The van der Waals surface area contributed by atoms with Crippen molar-refractivity contribution >= 4 is 23.2 Å². The minimum absolute atomic E-state index is 0.375. The Hall–Kier alpha value is 0.540. The van der Waals surface area contributed by atoms with Gasteiger partial charge in [-0.2, -0.15) is 0 Å². The van der Waals surface area contributed by atoms with E-state index in [4.69, 9.17) is 27.9 Å². The van der Waals surface area contributed by atoms with Gasteiger partial charge in [0.05, 0.1) is 13.2 Å². The van der Waals surface area contributed by atoms with Crippen LogP contribution < -0.4 is 0 Å². The van der Waals surface area contributed by atoms with Crippen molar-refractivity contribution in [1.29, 1.82) is 0 Å². The summed E-state index contributed by atoms with van der Waals surface area (Å²) in [6.45, 7) is 3.70. The first-order valence-electron chi connectivity index (χ1n) is 1.95. The second kappa shape index (κ2) is 4.69. The lowest BCUT2D eigenvalue weighted by Gasteiger charge is -1.96. The fourth-order valence-corrected chi connectivity index (χ4v) is 0.314. The topological polar surface area (TPSA) is 9.23 Å². The van der Waals surface area contributed by atoms with E-state index in [2.05, 4.69) is 0 Å². The summed E-state index contributed by atoms with van der Waals surface area (Å²) in [6, 6.07) is 0. The van der Waals surface area contributed by atoms with Crippen molar-refractivity contribution in [2.45, 2.75) is 11.8 Å². The van der Waals surface area contributed by atoms with E-state index < -0.39 is 4.84 Å². The first kappa shape index (κ1) is 7.54. The van der Waals surface area contributed by atoms with E-state index in [1.54, 1.807) is 13.5 Å². The molecule has 0 saturated heterocycles. The number of rotatable bonds is 3. The molecule has 0 heterocycles. The summed E-state index contributed by atoms with van der Waals surface area (Å²) >= 11 is 10.6. The van der Waals surface area contributed by atoms with Crippen molar-refractivity contribution in [3.8, 4) is 0 Å². The van der Waals surface area contributed by atoms with Crippen LogP contribution in [0.1, 0.15) is 6.92 Å². The first-order valence-corrected chi connectivity index (χ1v) is 2.82. The van der Waals surface area contributed by atoms with Crippen molar-refractivity contribution in [3.05, 3.63) is 6.61 Å². The summed E-state index contributed by atoms with van der Waals surface area (Å²) in [5.41, 5.74) is 0. The summed E-state index contributed by atoms with van der Waals surface area (Å²) in [5.74, 6) is 0. The van der Waals surface area contributed by atoms with Gasteiger partial charge in [-0.3, -0.25) is 0 Å². The van der Waals surface area contributed by atoms with E-state index in [-0.39, 0.29) is 0 Å². The molecule has 43 valence electrons. The SMILES string of the molecule is C[CH]OCC(Cl)Cl. The fourth-order valence-electron chi connectivity index (χ4n) is 0.169. The molecule has 7 heavy (non-hydrogen) atoms. The Morgan fingerprint density at radius 2 is 2.29 bits per heavy atom. The third-order valence-corrected chi connectivity index (χ3v) is 0.641. The summed E-state index contributed by atoms with van der Waals surface area (Å²) in [6.07, 6.45) is 0. The van der Waals surface area contributed by atoms with E-state index >= 15 is 0 Å². The largest absolute Gasteiger partial charge is 0.373 e. The summed E-state index contributed by atoms with van der Waals surface area (Å²) < 4.78 is 4.71. The maximum atomic E-state index is 5.28. The lowest BCUT2D eigenvalue weighted by molar-refractivity contribution is 0.217. The number of alkyl halides is 2. The molecular formula is C4H7Cl2O. The molecule has 0 rings (SSSR count). The third kappa shape index (κ3) is 6.54. The zero-order valence-corrected chi connectivity index (χ0v) is 5.54. The molecule has 0 aromatic rings. The smallest absolute Gasteiger partial charge is 0.131 e. The Morgan fingerprint density at radius 1 is 1.71 bits per heavy atom. The molecule has 0 spiro atoms. The highest BCUT2D eigenvalue weighted by Crippen LogP contribution is 2.01. The minimum Gasteiger partial charge on any atom is -0.373 e. The summed E-state index contributed by atoms with van der Waals surface area (Å²) in [5, 5.41) is 0. The van der Waals surface area contributed by atoms with E-state index in [0.29, 0.717) is 6.61 Å². The van der Waals surface area contributed by atoms with Crippen molar-refractivity contribution in [2.75, 3.05) is 6.61 Å². The van der Waals surface area contributed by atoms with Gasteiger partial charge in [0.2, 0.25) is 0 Å². The van der Waals surface area contributed by atoms with Gasteiger partial charge in [0.25, 0.3) is 0 Å². The van der Waals surface area contributed by atoms with Crippen molar-refractivity contribution < 1.29 is 4.74 Å². The van der Waals surface area contributed by atoms with E-state index in [9.17, 15) is 0 Å². The van der Waals surface area contributed by atoms with E-state index in [0.717, 1.165) is 0 Å². The van der Waals surface area contributed by atoms with Crippen molar-refractivity contribution in [1.82, 2.24) is 0 Å². The monoisotopic (exact) mass is 141 g/mol. The van der Waals surface area contributed by atoms with Gasteiger partial charge >= 0.3 is 0 Å². The van der Waals surface area contributed by atoms with Crippen molar-refractivity contribution in [2.24, 2.45) is 0 Å². The maximum Gasteiger partial charge on any atom is 0.131 e. The molecule has 0 amide bonds. The van der Waals surface area contributed by atoms with Crippen LogP contribution in [-0.4, -0.2) is 11.4 Å². The molecule has 0 fully saturated rings. The standard InChI is InChI=1S/C4H7Cl2O/c1-2-7-3-4(5)6/h2,4H,3H2,1H3. The molecule has 0 aromatic heterocycles. The lowest BCUT2D eigenvalue weighted by atomic mass is 10.8. The van der Waals surface area contributed by atoms with Crippen LogP contribution in [0.4, 0.5) is 0 Å². The molecule has 0 bridgehead atoms. The molecule has 0 aromatic carbocycles. The Morgan fingerprint density at radius 3 is 2.43 bits per heavy atom. The fraction of sp³-hybridized carbons (Fsp3) is 0.750. The zero-order valence-electron chi connectivity index (χ0n) is 4.03. The van der Waals surface area contributed by atoms with Crippen LogP contribution in [0.15, 0.2) is 0 Å². The van der Waals surface area contributed by atoms with Gasteiger partial charge in [-0.25, -0.2) is 0 Å². The van der Waals surface area contributed by atoms with E-state index in [1.807, 2.05) is 0 Å². The van der Waals surface area contributed by atoms with Crippen LogP contribution in [0.5, 0.6) is 0 Å². The quantitative estimate of drug-likeness (QED) is 0.547. The van der Waals surface area contributed by atoms with Gasteiger partial charge < -0.3 is 4.74 Å². The highest BCUT2D eigenvalue weighted by Gasteiger charge is 1.94. The van der Waals surface area contributed by atoms with Gasteiger partial charge in [0.15, 0.2) is 0 Å². The molecule has 1 nitrogen and oxygen atoms in total. The van der Waals surface area contributed by atoms with Crippen LogP contribution in [-0.2, 0) is 4.74 Å². The number of ether oxygens (including phenoxy) is 1. The number of hydrogen-bond donors (Lipinski definition) is 0. The first-order chi connectivity index (χ1) is 3.27. The lowest BCUT2D eigenvalue weighted by Crippen LogP contribution is -1.97. The van der Waals surface area contributed by atoms with Crippen LogP contribution in [0.25, 0.3) is 0 Å². The molecule has 0 aliphatic carbocycles. The van der Waals surface area contributed by atoms with Gasteiger partial charge in [0.1, 0.15) is 4.84 Å². The molecule has 0 unspecified atom stereocenters. The third-order valence-electron chi connectivity index (χ3n) is 0.389.